The third-order valence-electron chi connectivity index (χ3n) is 9.97. The lowest BCUT2D eigenvalue weighted by molar-refractivity contribution is 0.670. The number of nitrogens with zero attached hydrogens (tertiary/aromatic N) is 4. The normalized spacial score (nSPS) is 13.5. The van der Waals surface area contributed by atoms with Crippen LogP contribution in [0.15, 0.2) is 186 Å². The van der Waals surface area contributed by atoms with E-state index in [2.05, 4.69) is 12.1 Å². The number of aromatic nitrogens is 4. The molecule has 5 nitrogen and oxygen atoms in total. The minimum Gasteiger partial charge on any atom is -0.455 e. The van der Waals surface area contributed by atoms with Gasteiger partial charge >= 0.3 is 0 Å². The minimum absolute atomic E-state index is 0.0625. The fourth-order valence-corrected chi connectivity index (χ4v) is 7.53. The van der Waals surface area contributed by atoms with Crippen LogP contribution in [-0.4, -0.2) is 19.5 Å². The second kappa shape index (κ2) is 12.1. The van der Waals surface area contributed by atoms with E-state index in [4.69, 9.17) is 29.0 Å². The van der Waals surface area contributed by atoms with Crippen LogP contribution in [0.2, 0.25) is 0 Å². The van der Waals surface area contributed by atoms with E-state index in [0.29, 0.717) is 22.9 Å². The molecule has 0 aliphatic carbocycles. The van der Waals surface area contributed by atoms with Gasteiger partial charge in [0.1, 0.15) is 11.2 Å². The van der Waals surface area contributed by atoms with E-state index in [1.807, 2.05) is 109 Å². The summed E-state index contributed by atoms with van der Waals surface area (Å²) >= 11 is 0. The van der Waals surface area contributed by atoms with Gasteiger partial charge in [0.15, 0.2) is 17.5 Å². The monoisotopic (exact) mass is 697 g/mol. The van der Waals surface area contributed by atoms with Gasteiger partial charge in [-0.15, -0.1) is 0 Å². The first-order valence-electron chi connectivity index (χ1n) is 21.0. The van der Waals surface area contributed by atoms with Gasteiger partial charge in [-0.05, 0) is 52.7 Å². The van der Waals surface area contributed by atoms with E-state index in [1.165, 1.54) is 6.07 Å². The predicted octanol–water partition coefficient (Wildman–Crippen LogP) is 12.7. The number of rotatable bonds is 5. The average molecular weight is 698 g/mol. The number of furan rings is 1. The van der Waals surface area contributed by atoms with Crippen LogP contribution in [0.25, 0.3) is 105 Å². The molecule has 8 aromatic carbocycles. The number of fused-ring (bicyclic) bond motifs is 7. The van der Waals surface area contributed by atoms with Crippen LogP contribution >= 0.6 is 0 Å². The molecule has 0 N–H and O–H groups in total. The predicted molar refractivity (Wildman–Crippen MR) is 221 cm³/mol. The third kappa shape index (κ3) is 4.76. The third-order valence-corrected chi connectivity index (χ3v) is 9.97. The molecule has 3 heterocycles. The molecule has 0 atom stereocenters. The first-order valence-corrected chi connectivity index (χ1v) is 17.5. The van der Waals surface area contributed by atoms with Gasteiger partial charge in [0, 0.05) is 43.8 Å². The standard InChI is InChI=1S/C49H30N4O/c1-2-18-34-31(14-1)15-12-25-40(34)48-50-47(33-17-11-16-32(30-33)35-23-13-24-39-38-21-6-10-29-45(38)54-46(35)39)51-49(52-48)41-22-5-9-28-44(41)53-42-26-7-3-19-36(42)37-20-4-8-27-43(37)53/h1-30H/i3D,4D,7D,19D,20D,26D,27D. The molecule has 0 aliphatic rings. The van der Waals surface area contributed by atoms with Crippen LogP contribution in [0.5, 0.6) is 0 Å². The van der Waals surface area contributed by atoms with Crippen molar-refractivity contribution in [3.8, 4) is 51.0 Å². The summed E-state index contributed by atoms with van der Waals surface area (Å²) in [5.74, 6) is 1.08. The van der Waals surface area contributed by atoms with Crippen LogP contribution in [0.4, 0.5) is 0 Å². The summed E-state index contributed by atoms with van der Waals surface area (Å²) < 4.78 is 69.8. The number of benzene rings is 8. The Morgan fingerprint density at radius 1 is 0.444 bits per heavy atom. The van der Waals surface area contributed by atoms with Crippen molar-refractivity contribution in [3.63, 3.8) is 0 Å². The Bertz CT molecular complexity index is 3650. The summed E-state index contributed by atoms with van der Waals surface area (Å²) in [4.78, 5) is 15.4. The molecule has 5 heteroatoms. The van der Waals surface area contributed by atoms with Gasteiger partial charge in [-0.2, -0.15) is 0 Å². The van der Waals surface area contributed by atoms with Crippen LogP contribution in [0.1, 0.15) is 9.60 Å². The summed E-state index contributed by atoms with van der Waals surface area (Å²) in [5, 5.41) is 4.15. The van der Waals surface area contributed by atoms with Gasteiger partial charge in [-0.1, -0.05) is 145 Å². The maximum atomic E-state index is 9.13. The largest absolute Gasteiger partial charge is 0.455 e. The highest BCUT2D eigenvalue weighted by atomic mass is 16.3. The van der Waals surface area contributed by atoms with Crippen molar-refractivity contribution in [1.82, 2.24) is 19.5 Å². The van der Waals surface area contributed by atoms with Crippen LogP contribution < -0.4 is 0 Å². The Morgan fingerprint density at radius 3 is 2.02 bits per heavy atom. The maximum Gasteiger partial charge on any atom is 0.166 e. The fraction of sp³-hybridized carbons (Fsp3) is 0. The zero-order chi connectivity index (χ0) is 41.7. The molecular weight excluding hydrogens is 661 g/mol. The molecule has 0 spiro atoms. The lowest BCUT2D eigenvalue weighted by Gasteiger charge is -2.15. The Labute approximate surface area is 320 Å². The van der Waals surface area contributed by atoms with E-state index >= 15 is 0 Å². The van der Waals surface area contributed by atoms with E-state index in [-0.39, 0.29) is 57.8 Å². The lowest BCUT2D eigenvalue weighted by Crippen LogP contribution is -2.04. The molecule has 54 heavy (non-hydrogen) atoms. The fourth-order valence-electron chi connectivity index (χ4n) is 7.53. The van der Waals surface area contributed by atoms with Crippen LogP contribution in [0, 0.1) is 0 Å². The topological polar surface area (TPSA) is 56.7 Å². The van der Waals surface area contributed by atoms with Crippen LogP contribution in [0.3, 0.4) is 0 Å². The van der Waals surface area contributed by atoms with E-state index in [9.17, 15) is 0 Å². The zero-order valence-corrected chi connectivity index (χ0v) is 28.5. The highest BCUT2D eigenvalue weighted by molar-refractivity contribution is 6.10. The average Bonchev–Trinajstić information content (AvgIpc) is 3.87. The molecule has 11 aromatic rings. The first kappa shape index (κ1) is 24.0. The Balaban J connectivity index is 1.19. The highest BCUT2D eigenvalue weighted by Gasteiger charge is 2.20. The second-order valence-corrected chi connectivity index (χ2v) is 13.1. The molecule has 0 radical (unpaired) electrons. The number of para-hydroxylation sites is 5. The number of hydrogen-bond donors (Lipinski definition) is 0. The van der Waals surface area contributed by atoms with Crippen molar-refractivity contribution < 1.29 is 14.0 Å². The van der Waals surface area contributed by atoms with Gasteiger partial charge in [0.2, 0.25) is 0 Å². The van der Waals surface area contributed by atoms with Gasteiger partial charge in [-0.25, -0.2) is 15.0 Å². The minimum atomic E-state index is -0.466. The molecular formula is C49H30N4O. The van der Waals surface area contributed by atoms with Gasteiger partial charge < -0.3 is 8.98 Å². The summed E-state index contributed by atoms with van der Waals surface area (Å²) in [7, 11) is 0. The molecule has 0 saturated heterocycles. The van der Waals surface area contributed by atoms with Crippen LogP contribution in [-0.2, 0) is 0 Å². The maximum absolute atomic E-state index is 9.13. The van der Waals surface area contributed by atoms with Crippen molar-refractivity contribution in [1.29, 1.82) is 0 Å². The van der Waals surface area contributed by atoms with Crippen molar-refractivity contribution >= 4 is 54.5 Å². The SMILES string of the molecule is [2H]c1cc([2H])c2c(c1[2H])c1c([2H])c([2H])c([2H])c([2H])c1n2-c1ccccc1-c1nc(-c2cccc(-c3cccc4c3oc3ccccc34)c2)nc(-c2cccc3ccccc23)n1. The highest BCUT2D eigenvalue weighted by Crippen LogP contribution is 2.39. The summed E-state index contributed by atoms with van der Waals surface area (Å²) in [6.45, 7) is 0. The molecule has 0 fully saturated rings. The molecule has 0 amide bonds. The van der Waals surface area contributed by atoms with E-state index < -0.39 is 12.1 Å². The molecule has 252 valence electrons. The van der Waals surface area contributed by atoms with Gasteiger partial charge in [-0.3, -0.25) is 0 Å². The van der Waals surface area contributed by atoms with Crippen molar-refractivity contribution in [2.24, 2.45) is 0 Å². The lowest BCUT2D eigenvalue weighted by atomic mass is 10.00. The van der Waals surface area contributed by atoms with E-state index in [1.54, 1.807) is 16.7 Å². The van der Waals surface area contributed by atoms with Crippen molar-refractivity contribution in [2.75, 3.05) is 0 Å². The second-order valence-electron chi connectivity index (χ2n) is 13.1. The number of hydrogen-bond acceptors (Lipinski definition) is 4. The van der Waals surface area contributed by atoms with Crippen molar-refractivity contribution in [2.45, 2.75) is 0 Å². The Hall–Kier alpha value is -7.37. The molecule has 3 aromatic heterocycles. The smallest absolute Gasteiger partial charge is 0.166 e. The molecule has 11 rings (SSSR count). The Kier molecular flexibility index (Phi) is 5.38. The molecule has 0 bridgehead atoms. The summed E-state index contributed by atoms with van der Waals surface area (Å²) in [5.41, 5.74) is 6.05. The van der Waals surface area contributed by atoms with Gasteiger partial charge in [0.05, 0.1) is 26.3 Å². The first-order chi connectivity index (χ1) is 29.7. The van der Waals surface area contributed by atoms with Gasteiger partial charge in [0.25, 0.3) is 0 Å². The van der Waals surface area contributed by atoms with Crippen molar-refractivity contribution in [3.05, 3.63) is 182 Å². The Morgan fingerprint density at radius 2 is 1.07 bits per heavy atom. The molecule has 0 unspecified atom stereocenters. The zero-order valence-electron chi connectivity index (χ0n) is 35.5. The summed E-state index contributed by atoms with van der Waals surface area (Å²) in [6, 6.07) is 42.3. The molecule has 0 aliphatic heterocycles. The van der Waals surface area contributed by atoms with E-state index in [0.717, 1.165) is 55.0 Å². The molecule has 0 saturated carbocycles. The quantitative estimate of drug-likeness (QED) is 0.180. The summed E-state index contributed by atoms with van der Waals surface area (Å²) in [6.07, 6.45) is 0.